The summed E-state index contributed by atoms with van der Waals surface area (Å²) in [6, 6.07) is 14.9. The highest BCUT2D eigenvalue weighted by Crippen LogP contribution is 2.35. The van der Waals surface area contributed by atoms with E-state index < -0.39 is 10.0 Å². The summed E-state index contributed by atoms with van der Waals surface area (Å²) >= 11 is 0. The molecule has 0 fully saturated rings. The van der Waals surface area contributed by atoms with Crippen molar-refractivity contribution in [3.63, 3.8) is 0 Å². The van der Waals surface area contributed by atoms with Crippen LogP contribution >= 0.6 is 0 Å². The van der Waals surface area contributed by atoms with Crippen LogP contribution < -0.4 is 0 Å². The van der Waals surface area contributed by atoms with Gasteiger partial charge in [0.25, 0.3) is 10.0 Å². The quantitative estimate of drug-likeness (QED) is 0.441. The summed E-state index contributed by atoms with van der Waals surface area (Å²) < 4.78 is 45.0. The molecular weight excluding hydrogens is 439 g/mol. The number of aryl methyl sites for hydroxylation is 1. The van der Waals surface area contributed by atoms with Gasteiger partial charge < -0.3 is 9.13 Å². The fourth-order valence-corrected chi connectivity index (χ4v) is 5.95. The number of imidazole rings is 1. The molecule has 8 heteroatoms. The van der Waals surface area contributed by atoms with Crippen molar-refractivity contribution in [3.05, 3.63) is 89.8 Å². The fraction of sp³-hybridized carbons (Fsp3) is 0.240. The van der Waals surface area contributed by atoms with Crippen molar-refractivity contribution < 1.29 is 12.8 Å². The monoisotopic (exact) mass is 464 g/mol. The van der Waals surface area contributed by atoms with Crippen LogP contribution in [0.1, 0.15) is 23.2 Å². The van der Waals surface area contributed by atoms with Gasteiger partial charge in [0.15, 0.2) is 5.03 Å². The van der Waals surface area contributed by atoms with Crippen molar-refractivity contribution in [2.24, 2.45) is 7.05 Å². The number of benzene rings is 2. The Morgan fingerprint density at radius 2 is 1.94 bits per heavy atom. The van der Waals surface area contributed by atoms with Crippen molar-refractivity contribution in [1.29, 1.82) is 0 Å². The number of nitrogens with zero attached hydrogens (tertiary/aromatic N) is 4. The number of halogens is 1. The molecule has 0 saturated heterocycles. The average molecular weight is 465 g/mol. The molecule has 0 radical (unpaired) electrons. The first-order valence-corrected chi connectivity index (χ1v) is 12.3. The van der Waals surface area contributed by atoms with Gasteiger partial charge >= 0.3 is 0 Å². The molecule has 0 saturated carbocycles. The number of rotatable bonds is 5. The first-order chi connectivity index (χ1) is 15.8. The Morgan fingerprint density at radius 1 is 1.12 bits per heavy atom. The molecule has 33 heavy (non-hydrogen) atoms. The van der Waals surface area contributed by atoms with E-state index in [1.54, 1.807) is 23.7 Å². The van der Waals surface area contributed by atoms with Crippen LogP contribution in [0.3, 0.4) is 0 Å². The molecule has 6 nitrogen and oxygen atoms in total. The minimum atomic E-state index is -3.62. The first-order valence-electron chi connectivity index (χ1n) is 10.8. The van der Waals surface area contributed by atoms with Crippen LogP contribution in [0.4, 0.5) is 4.39 Å². The Morgan fingerprint density at radius 3 is 2.64 bits per heavy atom. The van der Waals surface area contributed by atoms with Crippen LogP contribution in [0, 0.1) is 12.7 Å². The minimum absolute atomic E-state index is 0.0738. The van der Waals surface area contributed by atoms with Crippen LogP contribution in [-0.2, 0) is 23.6 Å². The molecule has 4 aromatic rings. The second-order valence-electron chi connectivity index (χ2n) is 8.41. The van der Waals surface area contributed by atoms with E-state index in [1.807, 2.05) is 24.3 Å². The predicted molar refractivity (Wildman–Crippen MR) is 127 cm³/mol. The second-order valence-corrected chi connectivity index (χ2v) is 10.3. The lowest BCUT2D eigenvalue weighted by atomic mass is 9.97. The maximum absolute atomic E-state index is 13.8. The topological polar surface area (TPSA) is 60.1 Å². The number of fused-ring (bicyclic) bond motifs is 1. The van der Waals surface area contributed by atoms with Gasteiger partial charge in [-0.25, -0.2) is 17.8 Å². The summed E-state index contributed by atoms with van der Waals surface area (Å²) in [5.41, 5.74) is 5.34. The molecule has 5 rings (SSSR count). The average Bonchev–Trinajstić information content (AvgIpc) is 3.36. The highest BCUT2D eigenvalue weighted by molar-refractivity contribution is 7.89. The maximum atomic E-state index is 13.8. The Kier molecular flexibility index (Phi) is 5.42. The third-order valence-electron chi connectivity index (χ3n) is 6.24. The summed E-state index contributed by atoms with van der Waals surface area (Å²) in [7, 11) is -1.87. The van der Waals surface area contributed by atoms with Crippen LogP contribution in [0.15, 0.2) is 72.2 Å². The largest absolute Gasteiger partial charge is 0.340 e. The van der Waals surface area contributed by atoms with E-state index in [2.05, 4.69) is 28.6 Å². The number of hydrogen-bond donors (Lipinski definition) is 0. The molecule has 170 valence electrons. The molecule has 0 amide bonds. The molecule has 1 aliphatic heterocycles. The van der Waals surface area contributed by atoms with Crippen molar-refractivity contribution in [2.75, 3.05) is 13.1 Å². The molecule has 0 unspecified atom stereocenters. The third kappa shape index (κ3) is 3.89. The number of aromatic nitrogens is 3. The lowest BCUT2D eigenvalue weighted by Gasteiger charge is -2.25. The molecule has 3 heterocycles. The predicted octanol–water partition coefficient (Wildman–Crippen LogP) is 4.35. The van der Waals surface area contributed by atoms with Crippen LogP contribution in [0.25, 0.3) is 16.5 Å². The van der Waals surface area contributed by atoms with E-state index in [-0.39, 0.29) is 10.8 Å². The van der Waals surface area contributed by atoms with Gasteiger partial charge in [-0.15, -0.1) is 0 Å². The first kappa shape index (κ1) is 21.6. The normalized spacial score (nSPS) is 15.2. The van der Waals surface area contributed by atoms with Gasteiger partial charge in [-0.05, 0) is 42.7 Å². The van der Waals surface area contributed by atoms with Gasteiger partial charge in [-0.2, -0.15) is 4.31 Å². The van der Waals surface area contributed by atoms with Crippen molar-refractivity contribution in [1.82, 2.24) is 18.4 Å². The molecule has 0 atom stereocenters. The van der Waals surface area contributed by atoms with E-state index >= 15 is 0 Å². The van der Waals surface area contributed by atoms with Crippen LogP contribution in [-0.4, -0.2) is 39.9 Å². The number of hydrogen-bond acceptors (Lipinski definition) is 3. The maximum Gasteiger partial charge on any atom is 0.262 e. The van der Waals surface area contributed by atoms with Gasteiger partial charge in [0.1, 0.15) is 5.82 Å². The molecule has 0 aliphatic carbocycles. The Hall–Kier alpha value is -3.23. The number of para-hydroxylation sites is 1. The zero-order chi connectivity index (χ0) is 23.2. The molecule has 2 aromatic heterocycles. The van der Waals surface area contributed by atoms with Gasteiger partial charge in [-0.3, -0.25) is 0 Å². The second kappa shape index (κ2) is 8.28. The summed E-state index contributed by atoms with van der Waals surface area (Å²) in [6.07, 6.45) is 5.64. The van der Waals surface area contributed by atoms with Crippen molar-refractivity contribution in [2.45, 2.75) is 24.9 Å². The SMILES string of the molecule is Cc1c(C2=CCN(S(=O)(=O)c3cn(C)cn3)CC2)c2ccccc2n1Cc1cccc(F)c1. The third-order valence-corrected chi connectivity index (χ3v) is 7.99. The summed E-state index contributed by atoms with van der Waals surface area (Å²) in [4.78, 5) is 4.03. The Balaban J connectivity index is 1.50. The van der Waals surface area contributed by atoms with E-state index in [9.17, 15) is 12.8 Å². The Bertz CT molecular complexity index is 1480. The lowest BCUT2D eigenvalue weighted by molar-refractivity contribution is 0.439. The van der Waals surface area contributed by atoms with Gasteiger partial charge in [-0.1, -0.05) is 36.4 Å². The zero-order valence-corrected chi connectivity index (χ0v) is 19.4. The molecule has 0 spiro atoms. The van der Waals surface area contributed by atoms with E-state index in [0.717, 1.165) is 33.3 Å². The highest BCUT2D eigenvalue weighted by atomic mass is 32.2. The highest BCUT2D eigenvalue weighted by Gasteiger charge is 2.29. The minimum Gasteiger partial charge on any atom is -0.340 e. The lowest BCUT2D eigenvalue weighted by Crippen LogP contribution is -2.35. The number of sulfonamides is 1. The Labute approximate surface area is 192 Å². The van der Waals surface area contributed by atoms with Gasteiger partial charge in [0.2, 0.25) is 0 Å². The zero-order valence-electron chi connectivity index (χ0n) is 18.6. The molecule has 0 N–H and O–H groups in total. The van der Waals surface area contributed by atoms with Crippen molar-refractivity contribution in [3.8, 4) is 0 Å². The summed E-state index contributed by atoms with van der Waals surface area (Å²) in [5, 5.41) is 1.20. The summed E-state index contributed by atoms with van der Waals surface area (Å²) in [6.45, 7) is 3.34. The van der Waals surface area contributed by atoms with Gasteiger partial charge in [0.05, 0.1) is 6.33 Å². The molecule has 1 aliphatic rings. The van der Waals surface area contributed by atoms with E-state index in [4.69, 9.17) is 0 Å². The van der Waals surface area contributed by atoms with Crippen LogP contribution in [0.5, 0.6) is 0 Å². The molecule has 2 aromatic carbocycles. The van der Waals surface area contributed by atoms with E-state index in [1.165, 1.54) is 22.9 Å². The van der Waals surface area contributed by atoms with Gasteiger partial charge in [0, 0.05) is 55.0 Å². The smallest absolute Gasteiger partial charge is 0.262 e. The molecular formula is C25H25FN4O2S. The van der Waals surface area contributed by atoms with E-state index in [0.29, 0.717) is 26.1 Å². The standard InChI is InChI=1S/C25H25FN4O2S/c1-18-25(20-10-12-29(13-11-20)33(31,32)24-16-28(2)17-27-24)22-8-3-4-9-23(22)30(18)15-19-6-5-7-21(26)14-19/h3-10,14,16-17H,11-13,15H2,1-2H3. The molecule has 0 bridgehead atoms. The fourth-order valence-electron chi connectivity index (χ4n) is 4.61. The van der Waals surface area contributed by atoms with Crippen molar-refractivity contribution >= 4 is 26.5 Å². The summed E-state index contributed by atoms with van der Waals surface area (Å²) in [5.74, 6) is -0.244. The van der Waals surface area contributed by atoms with Crippen LogP contribution in [0.2, 0.25) is 0 Å².